The summed E-state index contributed by atoms with van der Waals surface area (Å²) in [6.45, 7) is 8.83. The van der Waals surface area contributed by atoms with Crippen LogP contribution in [0.15, 0.2) is 10.5 Å². The fraction of sp³-hybridized carbons (Fsp3) is 0.750. The fourth-order valence-electron chi connectivity index (χ4n) is 3.02. The molecule has 3 heteroatoms. The molecular weight excluding hydrogens is 236 g/mol. The zero-order valence-corrected chi connectivity index (χ0v) is 12.2. The molecule has 2 fully saturated rings. The number of aryl methyl sites for hydroxylation is 1. The van der Waals surface area contributed by atoms with Crippen LogP contribution < -0.4 is 5.32 Å². The summed E-state index contributed by atoms with van der Waals surface area (Å²) in [6, 6.07) is 2.97. The number of rotatable bonds is 5. The zero-order chi connectivity index (χ0) is 13.2. The number of piperidine rings is 1. The topological polar surface area (TPSA) is 28.4 Å². The van der Waals surface area contributed by atoms with Crippen LogP contribution in [0, 0.1) is 12.8 Å². The summed E-state index contributed by atoms with van der Waals surface area (Å²) in [4.78, 5) is 2.53. The maximum Gasteiger partial charge on any atom is 0.120 e. The van der Waals surface area contributed by atoms with E-state index in [9.17, 15) is 0 Å². The van der Waals surface area contributed by atoms with Gasteiger partial charge in [-0.1, -0.05) is 6.92 Å². The first-order chi connectivity index (χ1) is 9.20. The van der Waals surface area contributed by atoms with Crippen molar-refractivity contribution in [3.63, 3.8) is 0 Å². The summed E-state index contributed by atoms with van der Waals surface area (Å²) in [5, 5.41) is 3.53. The Kier molecular flexibility index (Phi) is 3.94. The van der Waals surface area contributed by atoms with E-state index in [0.717, 1.165) is 36.6 Å². The van der Waals surface area contributed by atoms with Gasteiger partial charge in [-0.3, -0.25) is 4.90 Å². The van der Waals surface area contributed by atoms with E-state index in [1.165, 1.54) is 44.3 Å². The highest BCUT2D eigenvalue weighted by Crippen LogP contribution is 2.23. The van der Waals surface area contributed by atoms with Gasteiger partial charge in [-0.05, 0) is 56.7 Å². The molecule has 1 atom stereocenters. The van der Waals surface area contributed by atoms with Gasteiger partial charge in [0.15, 0.2) is 0 Å². The molecule has 1 saturated carbocycles. The van der Waals surface area contributed by atoms with Crippen LogP contribution in [0.3, 0.4) is 0 Å². The largest absolute Gasteiger partial charge is 0.463 e. The molecular formula is C16H26N2O. The predicted octanol–water partition coefficient (Wildman–Crippen LogP) is 3.07. The highest BCUT2D eigenvalue weighted by molar-refractivity contribution is 5.20. The molecule has 1 aliphatic heterocycles. The van der Waals surface area contributed by atoms with Gasteiger partial charge in [0, 0.05) is 12.6 Å². The first-order valence-corrected chi connectivity index (χ1v) is 7.74. The van der Waals surface area contributed by atoms with Gasteiger partial charge < -0.3 is 9.73 Å². The number of hydrogen-bond donors (Lipinski definition) is 1. The van der Waals surface area contributed by atoms with Gasteiger partial charge in [-0.2, -0.15) is 0 Å². The molecule has 0 spiro atoms. The molecule has 0 bridgehead atoms. The van der Waals surface area contributed by atoms with Crippen molar-refractivity contribution >= 4 is 0 Å². The van der Waals surface area contributed by atoms with Gasteiger partial charge in [0.25, 0.3) is 0 Å². The van der Waals surface area contributed by atoms with Crippen LogP contribution in [0.5, 0.6) is 0 Å². The van der Waals surface area contributed by atoms with Gasteiger partial charge in [0.05, 0.1) is 13.1 Å². The molecule has 1 N–H and O–H groups in total. The zero-order valence-electron chi connectivity index (χ0n) is 12.2. The fourth-order valence-corrected chi connectivity index (χ4v) is 3.02. The Labute approximate surface area is 116 Å². The van der Waals surface area contributed by atoms with Gasteiger partial charge >= 0.3 is 0 Å². The summed E-state index contributed by atoms with van der Waals surface area (Å²) >= 11 is 0. The van der Waals surface area contributed by atoms with E-state index in [4.69, 9.17) is 4.42 Å². The second-order valence-corrected chi connectivity index (χ2v) is 6.46. The van der Waals surface area contributed by atoms with Crippen LogP contribution in [0.25, 0.3) is 0 Å². The van der Waals surface area contributed by atoms with E-state index < -0.39 is 0 Å². The van der Waals surface area contributed by atoms with Gasteiger partial charge in [-0.15, -0.1) is 0 Å². The Bertz CT molecular complexity index is 422. The quantitative estimate of drug-likeness (QED) is 0.884. The van der Waals surface area contributed by atoms with E-state index in [-0.39, 0.29) is 0 Å². The van der Waals surface area contributed by atoms with E-state index in [1.807, 2.05) is 0 Å². The van der Waals surface area contributed by atoms with Crippen LogP contribution in [0.4, 0.5) is 0 Å². The van der Waals surface area contributed by atoms with Gasteiger partial charge in [-0.25, -0.2) is 0 Å². The highest BCUT2D eigenvalue weighted by atomic mass is 16.3. The third kappa shape index (κ3) is 3.61. The molecule has 2 aliphatic rings. The van der Waals surface area contributed by atoms with Crippen molar-refractivity contribution in [2.75, 3.05) is 13.1 Å². The Balaban J connectivity index is 1.56. The Morgan fingerprint density at radius 1 is 1.37 bits per heavy atom. The number of hydrogen-bond acceptors (Lipinski definition) is 3. The van der Waals surface area contributed by atoms with Crippen molar-refractivity contribution < 1.29 is 4.42 Å². The SMILES string of the molecule is Cc1cc(CN2CCCC(C)C2)oc1CNC1CC1. The lowest BCUT2D eigenvalue weighted by molar-refractivity contribution is 0.164. The molecule has 2 heterocycles. The van der Waals surface area contributed by atoms with Crippen LogP contribution >= 0.6 is 0 Å². The second-order valence-electron chi connectivity index (χ2n) is 6.46. The number of likely N-dealkylation sites (tertiary alicyclic amines) is 1. The molecule has 3 rings (SSSR count). The minimum Gasteiger partial charge on any atom is -0.463 e. The molecule has 0 aromatic carbocycles. The molecule has 106 valence electrons. The minimum atomic E-state index is 0.746. The van der Waals surface area contributed by atoms with Crippen molar-refractivity contribution in [2.45, 2.75) is 58.7 Å². The third-order valence-corrected chi connectivity index (χ3v) is 4.32. The molecule has 3 nitrogen and oxygen atoms in total. The lowest BCUT2D eigenvalue weighted by Gasteiger charge is -2.29. The van der Waals surface area contributed by atoms with Gasteiger partial charge in [0.1, 0.15) is 11.5 Å². The lowest BCUT2D eigenvalue weighted by Crippen LogP contribution is -2.33. The highest BCUT2D eigenvalue weighted by Gasteiger charge is 2.22. The Hall–Kier alpha value is -0.800. The lowest BCUT2D eigenvalue weighted by atomic mass is 10.0. The maximum absolute atomic E-state index is 6.03. The molecule has 1 unspecified atom stereocenters. The molecule has 0 amide bonds. The molecule has 1 saturated heterocycles. The Morgan fingerprint density at radius 3 is 2.95 bits per heavy atom. The van der Waals surface area contributed by atoms with Crippen LogP contribution in [0.1, 0.15) is 49.7 Å². The summed E-state index contributed by atoms with van der Waals surface area (Å²) in [5.74, 6) is 3.10. The van der Waals surface area contributed by atoms with E-state index in [0.29, 0.717) is 0 Å². The average Bonchev–Trinajstić information content (AvgIpc) is 3.12. The average molecular weight is 262 g/mol. The van der Waals surface area contributed by atoms with Crippen molar-refractivity contribution in [2.24, 2.45) is 5.92 Å². The minimum absolute atomic E-state index is 0.746. The monoisotopic (exact) mass is 262 g/mol. The van der Waals surface area contributed by atoms with E-state index in [1.54, 1.807) is 0 Å². The van der Waals surface area contributed by atoms with Crippen LogP contribution in [-0.4, -0.2) is 24.0 Å². The smallest absolute Gasteiger partial charge is 0.120 e. The predicted molar refractivity (Wildman–Crippen MR) is 77.0 cm³/mol. The normalized spacial score (nSPS) is 24.8. The summed E-state index contributed by atoms with van der Waals surface area (Å²) in [6.07, 6.45) is 5.37. The summed E-state index contributed by atoms with van der Waals surface area (Å²) < 4.78 is 6.03. The molecule has 19 heavy (non-hydrogen) atoms. The molecule has 1 aromatic rings. The molecule has 1 aliphatic carbocycles. The van der Waals surface area contributed by atoms with Gasteiger partial charge in [0.2, 0.25) is 0 Å². The van der Waals surface area contributed by atoms with Crippen LogP contribution in [-0.2, 0) is 13.1 Å². The number of nitrogens with one attached hydrogen (secondary N) is 1. The summed E-state index contributed by atoms with van der Waals surface area (Å²) in [5.41, 5.74) is 1.30. The summed E-state index contributed by atoms with van der Waals surface area (Å²) in [7, 11) is 0. The Morgan fingerprint density at radius 2 is 2.21 bits per heavy atom. The first-order valence-electron chi connectivity index (χ1n) is 7.74. The maximum atomic E-state index is 6.03. The molecule has 0 radical (unpaired) electrons. The van der Waals surface area contributed by atoms with E-state index >= 15 is 0 Å². The van der Waals surface area contributed by atoms with Crippen molar-refractivity contribution in [1.82, 2.24) is 10.2 Å². The van der Waals surface area contributed by atoms with Crippen molar-refractivity contribution in [3.8, 4) is 0 Å². The van der Waals surface area contributed by atoms with Crippen LogP contribution in [0.2, 0.25) is 0 Å². The molecule has 1 aromatic heterocycles. The standard InChI is InChI=1S/C16H26N2O/c1-12-4-3-7-18(10-12)11-15-8-13(2)16(19-15)9-17-14-5-6-14/h8,12,14,17H,3-7,9-11H2,1-2H3. The van der Waals surface area contributed by atoms with E-state index in [2.05, 4.69) is 30.1 Å². The number of nitrogens with zero attached hydrogens (tertiary/aromatic N) is 1. The first kappa shape index (κ1) is 13.2. The second kappa shape index (κ2) is 5.68. The third-order valence-electron chi connectivity index (χ3n) is 4.32. The van der Waals surface area contributed by atoms with Crippen molar-refractivity contribution in [1.29, 1.82) is 0 Å². The van der Waals surface area contributed by atoms with Crippen molar-refractivity contribution in [3.05, 3.63) is 23.2 Å². The number of furan rings is 1.